The molecule has 1 N–H and O–H groups in total. The SMILES string of the molecule is N#Cc1ccc([AsH]c2cc(N3CCOCC3)nc(-c3cccc(O)c3)n2)cc1. The van der Waals surface area contributed by atoms with E-state index in [-0.39, 0.29) is 5.75 Å². The minimum absolute atomic E-state index is 0.197. The van der Waals surface area contributed by atoms with E-state index < -0.39 is 15.8 Å². The zero-order chi connectivity index (χ0) is 19.3. The number of aromatic hydroxyl groups is 1. The summed E-state index contributed by atoms with van der Waals surface area (Å²) >= 11 is -0.685. The van der Waals surface area contributed by atoms with Crippen LogP contribution in [0, 0.1) is 11.3 Å². The van der Waals surface area contributed by atoms with Gasteiger partial charge in [-0.1, -0.05) is 0 Å². The van der Waals surface area contributed by atoms with Gasteiger partial charge in [-0.2, -0.15) is 0 Å². The van der Waals surface area contributed by atoms with Crippen LogP contribution in [0.3, 0.4) is 0 Å². The van der Waals surface area contributed by atoms with Gasteiger partial charge in [-0.05, 0) is 0 Å². The van der Waals surface area contributed by atoms with Crippen LogP contribution in [-0.2, 0) is 4.74 Å². The first-order chi connectivity index (χ1) is 13.7. The van der Waals surface area contributed by atoms with Crippen molar-refractivity contribution in [2.75, 3.05) is 31.2 Å². The van der Waals surface area contributed by atoms with E-state index in [1.165, 1.54) is 4.35 Å². The van der Waals surface area contributed by atoms with E-state index in [2.05, 4.69) is 17.0 Å². The second-order valence-electron chi connectivity index (χ2n) is 6.40. The van der Waals surface area contributed by atoms with Gasteiger partial charge in [-0.25, -0.2) is 0 Å². The van der Waals surface area contributed by atoms with Gasteiger partial charge in [0.2, 0.25) is 0 Å². The molecule has 3 aromatic rings. The van der Waals surface area contributed by atoms with E-state index in [0.29, 0.717) is 24.6 Å². The van der Waals surface area contributed by atoms with Crippen LogP contribution < -0.4 is 13.7 Å². The van der Waals surface area contributed by atoms with Crippen molar-refractivity contribution in [1.29, 1.82) is 5.26 Å². The first kappa shape index (κ1) is 18.5. The van der Waals surface area contributed by atoms with Gasteiger partial charge in [0.15, 0.2) is 0 Å². The number of phenolic OH excluding ortho intramolecular Hbond substituents is 1. The van der Waals surface area contributed by atoms with Gasteiger partial charge < -0.3 is 0 Å². The summed E-state index contributed by atoms with van der Waals surface area (Å²) in [6, 6.07) is 18.9. The normalized spacial score (nSPS) is 14.3. The van der Waals surface area contributed by atoms with E-state index in [1.807, 2.05) is 30.3 Å². The molecular formula is C21H19AsN4O2. The molecule has 0 saturated carbocycles. The fourth-order valence-corrected chi connectivity index (χ4v) is 5.08. The molecule has 1 fully saturated rings. The van der Waals surface area contributed by atoms with Crippen molar-refractivity contribution in [2.45, 2.75) is 0 Å². The molecule has 2 heterocycles. The molecule has 1 saturated heterocycles. The van der Waals surface area contributed by atoms with Crippen molar-refractivity contribution in [3.05, 3.63) is 60.2 Å². The van der Waals surface area contributed by atoms with Crippen LogP contribution in [0.5, 0.6) is 5.75 Å². The molecule has 4 rings (SSSR count). The van der Waals surface area contributed by atoms with Crippen LogP contribution in [0.15, 0.2) is 54.6 Å². The molecule has 0 aliphatic carbocycles. The molecule has 7 heteroatoms. The van der Waals surface area contributed by atoms with Crippen LogP contribution in [0.4, 0.5) is 5.82 Å². The van der Waals surface area contributed by atoms with Crippen molar-refractivity contribution in [3.63, 3.8) is 0 Å². The quantitative estimate of drug-likeness (QED) is 0.616. The van der Waals surface area contributed by atoms with Crippen LogP contribution in [0.25, 0.3) is 11.4 Å². The number of nitrogens with zero attached hydrogens (tertiary/aromatic N) is 4. The summed E-state index contributed by atoms with van der Waals surface area (Å²) in [5.74, 6) is 1.71. The Morgan fingerprint density at radius 2 is 1.82 bits per heavy atom. The predicted octanol–water partition coefficient (Wildman–Crippen LogP) is 0.945. The second-order valence-corrected chi connectivity index (χ2v) is 9.21. The van der Waals surface area contributed by atoms with Crippen LogP contribution in [0.1, 0.15) is 5.56 Å². The zero-order valence-electron chi connectivity index (χ0n) is 15.2. The maximum absolute atomic E-state index is 9.85. The third kappa shape index (κ3) is 4.33. The molecule has 1 unspecified atom stereocenters. The number of hydrogen-bond donors (Lipinski definition) is 1. The Balaban J connectivity index is 1.71. The Kier molecular flexibility index (Phi) is 5.57. The molecule has 0 bridgehead atoms. The van der Waals surface area contributed by atoms with E-state index in [4.69, 9.17) is 20.0 Å². The number of hydrogen-bond acceptors (Lipinski definition) is 6. The summed E-state index contributed by atoms with van der Waals surface area (Å²) < 4.78 is 7.68. The average Bonchev–Trinajstić information content (AvgIpc) is 2.75. The van der Waals surface area contributed by atoms with Crippen molar-refractivity contribution >= 4 is 30.4 Å². The summed E-state index contributed by atoms with van der Waals surface area (Å²) in [4.78, 5) is 11.8. The Bertz CT molecular complexity index is 1010. The number of rotatable bonds is 4. The third-order valence-electron chi connectivity index (χ3n) is 4.44. The Morgan fingerprint density at radius 3 is 2.54 bits per heavy atom. The summed E-state index contributed by atoms with van der Waals surface area (Å²) in [5.41, 5.74) is 1.45. The Labute approximate surface area is 170 Å². The Hall–Kier alpha value is -2.87. The standard InChI is InChI=1S/C21H19AsN4O2/c23-14-15-4-6-17(7-5-15)22-19-13-20(26-8-10-28-11-9-26)25-21(24-19)16-2-1-3-18(27)12-16/h1-7,12-13,22,27H,8-11H2. The zero-order valence-corrected chi connectivity index (χ0v) is 17.3. The molecule has 0 amide bonds. The molecular weight excluding hydrogens is 415 g/mol. The van der Waals surface area contributed by atoms with Gasteiger partial charge >= 0.3 is 170 Å². The van der Waals surface area contributed by atoms with Crippen molar-refractivity contribution in [1.82, 2.24) is 9.97 Å². The molecule has 6 nitrogen and oxygen atoms in total. The number of ether oxygens (including phenoxy) is 1. The second kappa shape index (κ2) is 8.43. The predicted molar refractivity (Wildman–Crippen MR) is 110 cm³/mol. The monoisotopic (exact) mass is 434 g/mol. The van der Waals surface area contributed by atoms with E-state index in [0.717, 1.165) is 29.0 Å². The number of morpholine rings is 1. The van der Waals surface area contributed by atoms with Crippen LogP contribution in [0.2, 0.25) is 0 Å². The molecule has 1 aromatic heterocycles. The molecule has 0 spiro atoms. The van der Waals surface area contributed by atoms with Gasteiger partial charge in [-0.15, -0.1) is 0 Å². The topological polar surface area (TPSA) is 82.3 Å². The average molecular weight is 434 g/mol. The van der Waals surface area contributed by atoms with E-state index in [1.54, 1.807) is 18.2 Å². The van der Waals surface area contributed by atoms with E-state index in [9.17, 15) is 5.11 Å². The first-order valence-corrected chi connectivity index (χ1v) is 11.1. The molecule has 1 aliphatic rings. The number of aromatic nitrogens is 2. The van der Waals surface area contributed by atoms with Gasteiger partial charge in [-0.3, -0.25) is 0 Å². The molecule has 28 heavy (non-hydrogen) atoms. The number of phenols is 1. The fourth-order valence-electron chi connectivity index (χ4n) is 3.00. The molecule has 0 radical (unpaired) electrons. The van der Waals surface area contributed by atoms with Gasteiger partial charge in [0.25, 0.3) is 0 Å². The van der Waals surface area contributed by atoms with Crippen LogP contribution >= 0.6 is 0 Å². The van der Waals surface area contributed by atoms with Crippen molar-refractivity contribution < 1.29 is 9.84 Å². The number of anilines is 1. The maximum atomic E-state index is 9.85. The summed E-state index contributed by atoms with van der Waals surface area (Å²) in [6.45, 7) is 2.97. The molecule has 140 valence electrons. The number of benzene rings is 2. The minimum atomic E-state index is -0.685. The fraction of sp³-hybridized carbons (Fsp3) is 0.190. The van der Waals surface area contributed by atoms with Gasteiger partial charge in [0.05, 0.1) is 0 Å². The van der Waals surface area contributed by atoms with E-state index >= 15 is 0 Å². The Morgan fingerprint density at radius 1 is 1.04 bits per heavy atom. The summed E-state index contributed by atoms with van der Waals surface area (Å²) in [7, 11) is 0. The summed E-state index contributed by atoms with van der Waals surface area (Å²) in [6.07, 6.45) is 0. The molecule has 1 aliphatic heterocycles. The van der Waals surface area contributed by atoms with Gasteiger partial charge in [0, 0.05) is 0 Å². The van der Waals surface area contributed by atoms with Crippen molar-refractivity contribution in [3.8, 4) is 23.2 Å². The molecule has 1 atom stereocenters. The van der Waals surface area contributed by atoms with Gasteiger partial charge in [0.1, 0.15) is 0 Å². The number of nitriles is 1. The van der Waals surface area contributed by atoms with Crippen LogP contribution in [-0.4, -0.2) is 57.1 Å². The third-order valence-corrected chi connectivity index (χ3v) is 6.82. The first-order valence-electron chi connectivity index (χ1n) is 9.00. The molecule has 2 aromatic carbocycles. The van der Waals surface area contributed by atoms with Crippen molar-refractivity contribution in [2.24, 2.45) is 0 Å². The summed E-state index contributed by atoms with van der Waals surface area (Å²) in [5, 5.41) is 18.8.